The second kappa shape index (κ2) is 7.16. The molecule has 1 atom stereocenters. The van der Waals surface area contributed by atoms with Gasteiger partial charge in [0.25, 0.3) is 5.91 Å². The summed E-state index contributed by atoms with van der Waals surface area (Å²) in [6, 6.07) is 5.40. The van der Waals surface area contributed by atoms with Gasteiger partial charge in [-0.3, -0.25) is 4.79 Å². The molecule has 0 saturated carbocycles. The van der Waals surface area contributed by atoms with E-state index in [1.54, 1.807) is 26.0 Å². The number of nitrogens with zero attached hydrogens (tertiary/aromatic N) is 1. The van der Waals surface area contributed by atoms with E-state index in [-0.39, 0.29) is 5.56 Å². The quantitative estimate of drug-likeness (QED) is 0.847. The summed E-state index contributed by atoms with van der Waals surface area (Å²) in [5.41, 5.74) is 2.14. The van der Waals surface area contributed by atoms with Crippen LogP contribution in [0.4, 0.5) is 5.69 Å². The molecule has 0 fully saturated rings. The second-order valence-electron chi connectivity index (χ2n) is 5.44. The normalized spacial score (nSPS) is 11.7. The lowest BCUT2D eigenvalue weighted by Gasteiger charge is -2.15. The Kier molecular flexibility index (Phi) is 5.23. The van der Waals surface area contributed by atoms with Crippen molar-refractivity contribution in [3.8, 4) is 5.75 Å². The Bertz CT molecular complexity index is 747. The monoisotopic (exact) mass is 332 g/mol. The average molecular weight is 332 g/mol. The number of aromatic nitrogens is 1. The van der Waals surface area contributed by atoms with Crippen molar-refractivity contribution in [3.63, 3.8) is 0 Å². The number of ether oxygens (including phenoxy) is 2. The Morgan fingerprint density at radius 3 is 2.54 bits per heavy atom. The Balaban J connectivity index is 2.08. The Morgan fingerprint density at radius 1 is 1.25 bits per heavy atom. The van der Waals surface area contributed by atoms with Crippen LogP contribution in [0.1, 0.15) is 34.3 Å². The van der Waals surface area contributed by atoms with Gasteiger partial charge in [-0.25, -0.2) is 4.79 Å². The van der Waals surface area contributed by atoms with Gasteiger partial charge in [-0.1, -0.05) is 11.2 Å². The van der Waals surface area contributed by atoms with Crippen LogP contribution in [-0.2, 0) is 9.53 Å². The molecule has 1 amide bonds. The SMILES string of the molecule is COc1ccc(C)cc1NC(=O)[C@H](C)OC(=O)c1c(C)noc1C. The van der Waals surface area contributed by atoms with Crippen molar-refractivity contribution >= 4 is 17.6 Å². The van der Waals surface area contributed by atoms with Crippen LogP contribution in [-0.4, -0.2) is 30.2 Å². The van der Waals surface area contributed by atoms with Gasteiger partial charge in [0.2, 0.25) is 0 Å². The third kappa shape index (κ3) is 3.73. The highest BCUT2D eigenvalue weighted by atomic mass is 16.5. The van der Waals surface area contributed by atoms with Crippen molar-refractivity contribution in [2.75, 3.05) is 12.4 Å². The highest BCUT2D eigenvalue weighted by Crippen LogP contribution is 2.25. The summed E-state index contributed by atoms with van der Waals surface area (Å²) in [6.45, 7) is 6.64. The van der Waals surface area contributed by atoms with Crippen LogP contribution >= 0.6 is 0 Å². The standard InChI is InChI=1S/C17H20N2O5/c1-9-6-7-14(22-5)13(8-9)18-16(20)12(4)23-17(21)15-10(2)19-24-11(15)3/h6-8,12H,1-5H3,(H,18,20)/t12-/m0/s1. The Morgan fingerprint density at radius 2 is 1.96 bits per heavy atom. The van der Waals surface area contributed by atoms with Crippen LogP contribution < -0.4 is 10.1 Å². The molecule has 0 radical (unpaired) electrons. The molecule has 0 unspecified atom stereocenters. The van der Waals surface area contributed by atoms with E-state index in [1.165, 1.54) is 14.0 Å². The van der Waals surface area contributed by atoms with Crippen molar-refractivity contribution in [1.29, 1.82) is 0 Å². The van der Waals surface area contributed by atoms with Crippen LogP contribution in [0.2, 0.25) is 0 Å². The van der Waals surface area contributed by atoms with E-state index < -0.39 is 18.0 Å². The number of anilines is 1. The van der Waals surface area contributed by atoms with Crippen molar-refractivity contribution in [1.82, 2.24) is 5.16 Å². The molecule has 0 spiro atoms. The molecule has 0 aliphatic carbocycles. The molecule has 128 valence electrons. The number of amides is 1. The molecular weight excluding hydrogens is 312 g/mol. The number of carbonyl (C=O) groups excluding carboxylic acids is 2. The predicted molar refractivity (Wildman–Crippen MR) is 87.2 cm³/mol. The molecule has 7 heteroatoms. The molecular formula is C17H20N2O5. The molecule has 1 aromatic heterocycles. The van der Waals surface area contributed by atoms with Crippen molar-refractivity contribution < 1.29 is 23.6 Å². The smallest absolute Gasteiger partial charge is 0.344 e. The topological polar surface area (TPSA) is 90.7 Å². The largest absolute Gasteiger partial charge is 0.495 e. The van der Waals surface area contributed by atoms with E-state index in [0.717, 1.165) is 5.56 Å². The number of esters is 1. The molecule has 24 heavy (non-hydrogen) atoms. The molecule has 1 N–H and O–H groups in total. The lowest BCUT2D eigenvalue weighted by molar-refractivity contribution is -0.123. The molecule has 0 saturated heterocycles. The molecule has 7 nitrogen and oxygen atoms in total. The third-order valence-corrected chi connectivity index (χ3v) is 3.50. The van der Waals surface area contributed by atoms with Crippen LogP contribution in [0.5, 0.6) is 5.75 Å². The molecule has 2 aromatic rings. The summed E-state index contributed by atoms with van der Waals surface area (Å²) < 4.78 is 15.3. The fourth-order valence-electron chi connectivity index (χ4n) is 2.20. The first-order valence-corrected chi connectivity index (χ1v) is 7.42. The predicted octanol–water partition coefficient (Wildman–Crippen LogP) is 2.79. The van der Waals surface area contributed by atoms with Gasteiger partial charge in [0.05, 0.1) is 18.5 Å². The van der Waals surface area contributed by atoms with Crippen LogP contribution in [0.15, 0.2) is 22.7 Å². The first kappa shape index (κ1) is 17.5. The summed E-state index contributed by atoms with van der Waals surface area (Å²) >= 11 is 0. The van der Waals surface area contributed by atoms with E-state index in [0.29, 0.717) is 22.9 Å². The molecule has 0 aliphatic heterocycles. The summed E-state index contributed by atoms with van der Waals surface area (Å²) in [6.07, 6.45) is -0.989. The first-order chi connectivity index (χ1) is 11.3. The van der Waals surface area contributed by atoms with Crippen LogP contribution in [0.25, 0.3) is 0 Å². The molecule has 0 bridgehead atoms. The molecule has 2 rings (SSSR count). The van der Waals surface area contributed by atoms with E-state index in [2.05, 4.69) is 10.5 Å². The van der Waals surface area contributed by atoms with Gasteiger partial charge >= 0.3 is 5.97 Å². The lowest BCUT2D eigenvalue weighted by Crippen LogP contribution is -2.30. The molecule has 0 aliphatic rings. The maximum Gasteiger partial charge on any atom is 0.344 e. The fraction of sp³-hybridized carbons (Fsp3) is 0.353. The summed E-state index contributed by atoms with van der Waals surface area (Å²) in [4.78, 5) is 24.4. The zero-order chi connectivity index (χ0) is 17.9. The number of benzene rings is 1. The van der Waals surface area contributed by atoms with Crippen molar-refractivity contribution in [3.05, 3.63) is 40.8 Å². The van der Waals surface area contributed by atoms with E-state index >= 15 is 0 Å². The van der Waals surface area contributed by atoms with Gasteiger partial charge in [0, 0.05) is 0 Å². The summed E-state index contributed by atoms with van der Waals surface area (Å²) in [5, 5.41) is 6.40. The maximum atomic E-state index is 12.3. The van der Waals surface area contributed by atoms with Gasteiger partial charge in [0.15, 0.2) is 6.10 Å². The summed E-state index contributed by atoms with van der Waals surface area (Å²) in [5.74, 6) is -0.229. The van der Waals surface area contributed by atoms with E-state index in [9.17, 15) is 9.59 Å². The number of hydrogen-bond acceptors (Lipinski definition) is 6. The number of nitrogens with one attached hydrogen (secondary N) is 1. The third-order valence-electron chi connectivity index (χ3n) is 3.50. The van der Waals surface area contributed by atoms with Gasteiger partial charge in [-0.2, -0.15) is 0 Å². The van der Waals surface area contributed by atoms with Gasteiger partial charge in [-0.05, 0) is 45.4 Å². The zero-order valence-corrected chi connectivity index (χ0v) is 14.3. The van der Waals surface area contributed by atoms with Crippen LogP contribution in [0.3, 0.4) is 0 Å². The molecule has 1 heterocycles. The minimum absolute atomic E-state index is 0.239. The zero-order valence-electron chi connectivity index (χ0n) is 14.3. The van der Waals surface area contributed by atoms with Gasteiger partial charge in [0.1, 0.15) is 17.1 Å². The maximum absolute atomic E-state index is 12.3. The highest BCUT2D eigenvalue weighted by Gasteiger charge is 2.24. The van der Waals surface area contributed by atoms with Gasteiger partial charge in [-0.15, -0.1) is 0 Å². The first-order valence-electron chi connectivity index (χ1n) is 7.42. The summed E-state index contributed by atoms with van der Waals surface area (Å²) in [7, 11) is 1.52. The minimum atomic E-state index is -0.989. The number of methoxy groups -OCH3 is 1. The van der Waals surface area contributed by atoms with E-state index in [4.69, 9.17) is 14.0 Å². The number of aryl methyl sites for hydroxylation is 3. The van der Waals surface area contributed by atoms with Crippen LogP contribution in [0, 0.1) is 20.8 Å². The average Bonchev–Trinajstić information content (AvgIpc) is 2.86. The second-order valence-corrected chi connectivity index (χ2v) is 5.44. The lowest BCUT2D eigenvalue weighted by atomic mass is 10.2. The number of carbonyl (C=O) groups is 2. The number of hydrogen-bond donors (Lipinski definition) is 1. The Labute approximate surface area is 139 Å². The van der Waals surface area contributed by atoms with Crippen molar-refractivity contribution in [2.24, 2.45) is 0 Å². The van der Waals surface area contributed by atoms with E-state index in [1.807, 2.05) is 13.0 Å². The van der Waals surface area contributed by atoms with Gasteiger partial charge < -0.3 is 19.3 Å². The minimum Gasteiger partial charge on any atom is -0.495 e. The fourth-order valence-corrected chi connectivity index (χ4v) is 2.20. The Hall–Kier alpha value is -2.83. The molecule has 1 aromatic carbocycles. The van der Waals surface area contributed by atoms with Crippen molar-refractivity contribution in [2.45, 2.75) is 33.8 Å². The number of rotatable bonds is 5. The highest BCUT2D eigenvalue weighted by molar-refractivity contribution is 5.98.